The molecule has 0 bridgehead atoms. The van der Waals surface area contributed by atoms with Gasteiger partial charge in [0.05, 0.1) is 0 Å². The Hall–Kier alpha value is -2.49. The van der Waals surface area contributed by atoms with Crippen molar-refractivity contribution in [1.82, 2.24) is 19.9 Å². The molecule has 2 aromatic rings. The summed E-state index contributed by atoms with van der Waals surface area (Å²) >= 11 is 0. The van der Waals surface area contributed by atoms with E-state index in [0.717, 1.165) is 32.0 Å². The summed E-state index contributed by atoms with van der Waals surface area (Å²) in [7, 11) is 0. The molecule has 31 heavy (non-hydrogen) atoms. The number of fused-ring (bicyclic) bond motifs is 1. The summed E-state index contributed by atoms with van der Waals surface area (Å²) in [4.78, 5) is 20.8. The Morgan fingerprint density at radius 2 is 1.84 bits per heavy atom. The molecule has 1 atom stereocenters. The van der Waals surface area contributed by atoms with Gasteiger partial charge in [-0.3, -0.25) is 9.69 Å². The second-order valence-corrected chi connectivity index (χ2v) is 8.72. The lowest BCUT2D eigenvalue weighted by Gasteiger charge is -2.35. The third-order valence-electron chi connectivity index (χ3n) is 7.06. The largest absolute Gasteiger partial charge is 0.405 e. The van der Waals surface area contributed by atoms with Gasteiger partial charge in [0, 0.05) is 18.7 Å². The van der Waals surface area contributed by atoms with Crippen LogP contribution in [0, 0.1) is 5.82 Å². The van der Waals surface area contributed by atoms with Crippen LogP contribution in [0.15, 0.2) is 28.8 Å². The minimum atomic E-state index is -4.68. The first kappa shape index (κ1) is 20.4. The second-order valence-electron chi connectivity index (χ2n) is 8.72. The molecule has 3 aliphatic rings. The van der Waals surface area contributed by atoms with Gasteiger partial charge in [-0.05, 0) is 57.3 Å². The number of carbonyl (C=O) groups is 1. The van der Waals surface area contributed by atoms with Crippen LogP contribution in [-0.4, -0.2) is 63.7 Å². The van der Waals surface area contributed by atoms with Crippen molar-refractivity contribution in [1.29, 1.82) is 0 Å². The average molecular weight is 438 g/mol. The van der Waals surface area contributed by atoms with E-state index in [4.69, 9.17) is 4.52 Å². The first-order valence-corrected chi connectivity index (χ1v) is 10.5. The summed E-state index contributed by atoms with van der Waals surface area (Å²) in [6, 6.07) is 5.27. The molecule has 1 amide bonds. The van der Waals surface area contributed by atoms with Crippen molar-refractivity contribution in [2.45, 2.75) is 49.2 Å². The number of carbonyl (C=O) groups excluding carboxylic acids is 1. The minimum Gasteiger partial charge on any atom is -0.340 e. The van der Waals surface area contributed by atoms with Crippen molar-refractivity contribution < 1.29 is 26.9 Å². The maximum atomic E-state index is 14.3. The number of rotatable bonds is 3. The number of benzene rings is 1. The van der Waals surface area contributed by atoms with E-state index in [1.165, 1.54) is 23.1 Å². The van der Waals surface area contributed by atoms with E-state index in [1.807, 2.05) is 0 Å². The number of aromatic nitrogens is 2. The van der Waals surface area contributed by atoms with E-state index in [-0.39, 0.29) is 30.3 Å². The van der Waals surface area contributed by atoms with Gasteiger partial charge >= 0.3 is 6.18 Å². The Labute approximate surface area is 176 Å². The maximum absolute atomic E-state index is 14.3. The normalized spacial score (nSPS) is 25.9. The average Bonchev–Trinajstić information content (AvgIpc) is 3.49. The molecule has 1 aromatic heterocycles. The molecule has 0 radical (unpaired) electrons. The highest BCUT2D eigenvalue weighted by Crippen LogP contribution is 2.49. The molecule has 5 rings (SSSR count). The van der Waals surface area contributed by atoms with E-state index in [9.17, 15) is 22.4 Å². The Morgan fingerprint density at radius 1 is 1.10 bits per heavy atom. The van der Waals surface area contributed by atoms with Gasteiger partial charge in [-0.15, -0.1) is 0 Å². The summed E-state index contributed by atoms with van der Waals surface area (Å²) in [5, 5.41) is 3.67. The van der Waals surface area contributed by atoms with Crippen LogP contribution < -0.4 is 0 Å². The molecule has 1 unspecified atom stereocenters. The highest BCUT2D eigenvalue weighted by atomic mass is 19.4. The van der Waals surface area contributed by atoms with Gasteiger partial charge in [0.15, 0.2) is 5.41 Å². The first-order chi connectivity index (χ1) is 14.8. The van der Waals surface area contributed by atoms with Crippen molar-refractivity contribution in [2.75, 3.05) is 26.2 Å². The third kappa shape index (κ3) is 3.06. The molecule has 3 fully saturated rings. The van der Waals surface area contributed by atoms with Gasteiger partial charge in [-0.25, -0.2) is 4.39 Å². The summed E-state index contributed by atoms with van der Waals surface area (Å²) in [6.07, 6.45) is -1.90. The summed E-state index contributed by atoms with van der Waals surface area (Å²) in [6.45, 7) is 1.05. The van der Waals surface area contributed by atoms with Crippen molar-refractivity contribution in [3.05, 3.63) is 36.0 Å². The van der Waals surface area contributed by atoms with Crippen LogP contribution in [0.25, 0.3) is 11.4 Å². The van der Waals surface area contributed by atoms with E-state index < -0.39 is 35.4 Å². The van der Waals surface area contributed by atoms with Crippen LogP contribution in [-0.2, 0) is 10.2 Å². The Morgan fingerprint density at radius 3 is 2.52 bits per heavy atom. The van der Waals surface area contributed by atoms with Gasteiger partial charge in [-0.2, -0.15) is 18.2 Å². The number of nitrogens with zero attached hydrogens (tertiary/aromatic N) is 4. The van der Waals surface area contributed by atoms with Crippen molar-refractivity contribution >= 4 is 5.91 Å². The Kier molecular flexibility index (Phi) is 4.62. The molecular weight excluding hydrogens is 416 g/mol. The molecule has 166 valence electrons. The quantitative estimate of drug-likeness (QED) is 0.686. The zero-order chi connectivity index (χ0) is 21.9. The number of likely N-dealkylation sites (tertiary alicyclic amines) is 1. The number of amides is 1. The topological polar surface area (TPSA) is 62.5 Å². The van der Waals surface area contributed by atoms with Gasteiger partial charge in [-0.1, -0.05) is 17.3 Å². The molecule has 10 heteroatoms. The Bertz CT molecular complexity index is 997. The van der Waals surface area contributed by atoms with Gasteiger partial charge < -0.3 is 9.42 Å². The maximum Gasteiger partial charge on any atom is 0.405 e. The van der Waals surface area contributed by atoms with Crippen LogP contribution in [0.5, 0.6) is 0 Å². The fourth-order valence-electron chi connectivity index (χ4n) is 5.42. The summed E-state index contributed by atoms with van der Waals surface area (Å²) in [5.41, 5.74) is -2.87. The minimum absolute atomic E-state index is 0.0222. The number of hydrogen-bond acceptors (Lipinski definition) is 5. The molecule has 6 nitrogen and oxygen atoms in total. The zero-order valence-electron chi connectivity index (χ0n) is 16.8. The number of halogens is 4. The monoisotopic (exact) mass is 438 g/mol. The highest BCUT2D eigenvalue weighted by molar-refractivity contribution is 5.87. The lowest BCUT2D eigenvalue weighted by molar-refractivity contribution is -0.194. The molecule has 1 aromatic carbocycles. The predicted octanol–water partition coefficient (Wildman–Crippen LogP) is 3.54. The van der Waals surface area contributed by atoms with Crippen LogP contribution in [0.3, 0.4) is 0 Å². The van der Waals surface area contributed by atoms with E-state index in [2.05, 4.69) is 15.0 Å². The fourth-order valence-corrected chi connectivity index (χ4v) is 5.42. The van der Waals surface area contributed by atoms with Crippen LogP contribution in [0.1, 0.15) is 38.0 Å². The molecule has 0 spiro atoms. The van der Waals surface area contributed by atoms with E-state index >= 15 is 0 Å². The molecule has 4 heterocycles. The molecule has 0 saturated carbocycles. The highest BCUT2D eigenvalue weighted by Gasteiger charge is 2.65. The predicted molar refractivity (Wildman–Crippen MR) is 101 cm³/mol. The van der Waals surface area contributed by atoms with Gasteiger partial charge in [0.1, 0.15) is 11.4 Å². The van der Waals surface area contributed by atoms with Crippen molar-refractivity contribution in [3.8, 4) is 11.4 Å². The van der Waals surface area contributed by atoms with Crippen LogP contribution in [0.2, 0.25) is 0 Å². The van der Waals surface area contributed by atoms with Gasteiger partial charge in [0.25, 0.3) is 0 Å². The van der Waals surface area contributed by atoms with Crippen molar-refractivity contribution in [2.24, 2.45) is 0 Å². The number of alkyl halides is 3. The van der Waals surface area contributed by atoms with Gasteiger partial charge in [0.2, 0.25) is 17.6 Å². The van der Waals surface area contributed by atoms with Crippen LogP contribution >= 0.6 is 0 Å². The molecule has 0 aliphatic carbocycles. The molecule has 3 saturated heterocycles. The lowest BCUT2D eigenvalue weighted by atomic mass is 9.86. The van der Waals surface area contributed by atoms with E-state index in [1.54, 1.807) is 0 Å². The first-order valence-electron chi connectivity index (χ1n) is 10.5. The second kappa shape index (κ2) is 7.01. The standard InChI is InChI=1S/C21H22F4N4O2/c22-15-5-1-4-14(12-15)16-26-17(31-27-16)19(21(23,24)25)8-11-28(13-19)18(30)20-6-2-9-29(20)10-3-7-20/h1,4-5,12H,2-3,6-11,13H2. The van der Waals surface area contributed by atoms with E-state index in [0.29, 0.717) is 12.8 Å². The molecule has 3 aliphatic heterocycles. The smallest absolute Gasteiger partial charge is 0.340 e. The molecular formula is C21H22F4N4O2. The SMILES string of the molecule is O=C(N1CCC(c2nc(-c3cccc(F)c3)no2)(C(F)(F)F)C1)C12CCCN1CCC2. The summed E-state index contributed by atoms with van der Waals surface area (Å²) in [5.74, 6) is -1.47. The third-order valence-corrected chi connectivity index (χ3v) is 7.06. The van der Waals surface area contributed by atoms with Crippen molar-refractivity contribution in [3.63, 3.8) is 0 Å². The summed E-state index contributed by atoms with van der Waals surface area (Å²) < 4.78 is 61.5. The zero-order valence-corrected chi connectivity index (χ0v) is 16.8. The lowest BCUT2D eigenvalue weighted by Crippen LogP contribution is -2.54. The number of hydrogen-bond donors (Lipinski definition) is 0. The Balaban J connectivity index is 1.46. The fraction of sp³-hybridized carbons (Fsp3) is 0.571. The van der Waals surface area contributed by atoms with Crippen LogP contribution in [0.4, 0.5) is 17.6 Å². The molecule has 0 N–H and O–H groups in total.